The average Bonchev–Trinajstić information content (AvgIpc) is 2.92. The maximum absolute atomic E-state index is 14.4. The Hall–Kier alpha value is -2.13. The van der Waals surface area contributed by atoms with Crippen molar-refractivity contribution in [3.8, 4) is 0 Å². The fourth-order valence-electron chi connectivity index (χ4n) is 2.85. The Bertz CT molecular complexity index is 774. The van der Waals surface area contributed by atoms with Gasteiger partial charge in [-0.15, -0.1) is 0 Å². The van der Waals surface area contributed by atoms with E-state index in [1.54, 1.807) is 6.07 Å². The molecule has 0 spiro atoms. The minimum Gasteiger partial charge on any atom is -0.343 e. The topological polar surface area (TPSA) is 30.9 Å². The zero-order chi connectivity index (χ0) is 14.8. The molecule has 0 bridgehead atoms. The van der Waals surface area contributed by atoms with E-state index in [0.29, 0.717) is 17.7 Å². The summed E-state index contributed by atoms with van der Waals surface area (Å²) < 4.78 is 16.5. The van der Waals surface area contributed by atoms with Crippen LogP contribution in [-0.2, 0) is 19.5 Å². The van der Waals surface area contributed by atoms with E-state index in [9.17, 15) is 4.39 Å². The Kier molecular flexibility index (Phi) is 3.76. The predicted octanol–water partition coefficient (Wildman–Crippen LogP) is 3.85. The molecule has 0 aliphatic rings. The van der Waals surface area contributed by atoms with Crippen molar-refractivity contribution in [3.05, 3.63) is 71.2 Å². The standard InChI is InChI=1S/C18H19FN2/c1-2-13-5-3-6-14-9-10-21(18(13)14)12-16-8-4-7-15(11-20)17(16)19/h3-10H,2,11-12,20H2,1H3. The van der Waals surface area contributed by atoms with Crippen molar-refractivity contribution in [3.63, 3.8) is 0 Å². The van der Waals surface area contributed by atoms with Crippen LogP contribution in [-0.4, -0.2) is 4.57 Å². The second-order valence-electron chi connectivity index (χ2n) is 5.25. The molecule has 2 aromatic carbocycles. The van der Waals surface area contributed by atoms with Crippen molar-refractivity contribution in [2.24, 2.45) is 5.73 Å². The smallest absolute Gasteiger partial charge is 0.132 e. The highest BCUT2D eigenvalue weighted by molar-refractivity contribution is 5.83. The zero-order valence-corrected chi connectivity index (χ0v) is 12.1. The van der Waals surface area contributed by atoms with E-state index < -0.39 is 0 Å². The molecule has 0 atom stereocenters. The number of hydrogen-bond acceptors (Lipinski definition) is 1. The van der Waals surface area contributed by atoms with Crippen LogP contribution in [0, 0.1) is 5.82 Å². The number of halogens is 1. The van der Waals surface area contributed by atoms with Gasteiger partial charge in [0.2, 0.25) is 0 Å². The van der Waals surface area contributed by atoms with E-state index in [4.69, 9.17) is 5.73 Å². The number of aryl methyl sites for hydroxylation is 1. The fraction of sp³-hybridized carbons (Fsp3) is 0.222. The molecule has 0 radical (unpaired) electrons. The van der Waals surface area contributed by atoms with Crippen LogP contribution < -0.4 is 5.73 Å². The lowest BCUT2D eigenvalue weighted by Gasteiger charge is -2.11. The van der Waals surface area contributed by atoms with Gasteiger partial charge in [0.1, 0.15) is 5.82 Å². The van der Waals surface area contributed by atoms with Gasteiger partial charge in [-0.1, -0.05) is 43.3 Å². The highest BCUT2D eigenvalue weighted by Gasteiger charge is 2.10. The number of nitrogens with two attached hydrogens (primary N) is 1. The number of fused-ring (bicyclic) bond motifs is 1. The molecule has 108 valence electrons. The quantitative estimate of drug-likeness (QED) is 0.774. The van der Waals surface area contributed by atoms with Gasteiger partial charge in [-0.2, -0.15) is 0 Å². The van der Waals surface area contributed by atoms with Crippen molar-refractivity contribution in [2.75, 3.05) is 0 Å². The van der Waals surface area contributed by atoms with Crippen molar-refractivity contribution < 1.29 is 4.39 Å². The minimum atomic E-state index is -0.184. The van der Waals surface area contributed by atoms with Gasteiger partial charge in [-0.3, -0.25) is 0 Å². The molecule has 3 rings (SSSR count). The summed E-state index contributed by atoms with van der Waals surface area (Å²) in [5.41, 5.74) is 9.31. The Morgan fingerprint density at radius 1 is 1.00 bits per heavy atom. The number of rotatable bonds is 4. The molecule has 0 aliphatic heterocycles. The van der Waals surface area contributed by atoms with Gasteiger partial charge in [-0.05, 0) is 23.4 Å². The van der Waals surface area contributed by atoms with Gasteiger partial charge in [-0.25, -0.2) is 4.39 Å². The van der Waals surface area contributed by atoms with Crippen LogP contribution in [0.3, 0.4) is 0 Å². The second-order valence-corrected chi connectivity index (χ2v) is 5.25. The first-order valence-electron chi connectivity index (χ1n) is 7.27. The summed E-state index contributed by atoms with van der Waals surface area (Å²) in [4.78, 5) is 0. The zero-order valence-electron chi connectivity index (χ0n) is 12.1. The van der Waals surface area contributed by atoms with E-state index in [-0.39, 0.29) is 12.4 Å². The molecule has 1 heterocycles. The molecule has 0 unspecified atom stereocenters. The number of nitrogens with zero attached hydrogens (tertiary/aromatic N) is 1. The molecule has 21 heavy (non-hydrogen) atoms. The molecule has 3 heteroatoms. The lowest BCUT2D eigenvalue weighted by atomic mass is 10.1. The first-order chi connectivity index (χ1) is 10.2. The monoisotopic (exact) mass is 282 g/mol. The number of para-hydroxylation sites is 1. The Morgan fingerprint density at radius 2 is 1.71 bits per heavy atom. The molecule has 2 nitrogen and oxygen atoms in total. The van der Waals surface area contributed by atoms with Crippen LogP contribution in [0.2, 0.25) is 0 Å². The third-order valence-corrected chi connectivity index (χ3v) is 3.97. The van der Waals surface area contributed by atoms with Crippen molar-refractivity contribution in [2.45, 2.75) is 26.4 Å². The highest BCUT2D eigenvalue weighted by atomic mass is 19.1. The van der Waals surface area contributed by atoms with Crippen LogP contribution >= 0.6 is 0 Å². The summed E-state index contributed by atoms with van der Waals surface area (Å²) in [6.07, 6.45) is 2.99. The normalized spacial score (nSPS) is 11.2. The SMILES string of the molecule is CCc1cccc2ccn(Cc3cccc(CN)c3F)c12. The first kappa shape index (κ1) is 13.8. The van der Waals surface area contributed by atoms with Crippen LogP contribution in [0.5, 0.6) is 0 Å². The maximum Gasteiger partial charge on any atom is 0.132 e. The second kappa shape index (κ2) is 5.70. The van der Waals surface area contributed by atoms with Gasteiger partial charge in [0, 0.05) is 23.9 Å². The molecule has 0 saturated carbocycles. The fourth-order valence-corrected chi connectivity index (χ4v) is 2.85. The Morgan fingerprint density at radius 3 is 2.48 bits per heavy atom. The summed E-state index contributed by atoms with van der Waals surface area (Å²) in [7, 11) is 0. The summed E-state index contributed by atoms with van der Waals surface area (Å²) in [6.45, 7) is 2.90. The lowest BCUT2D eigenvalue weighted by Crippen LogP contribution is -2.06. The molecule has 1 aromatic heterocycles. The molecule has 0 amide bonds. The van der Waals surface area contributed by atoms with Gasteiger partial charge < -0.3 is 10.3 Å². The Balaban J connectivity index is 2.07. The van der Waals surface area contributed by atoms with Crippen molar-refractivity contribution in [1.82, 2.24) is 4.57 Å². The Labute approximate surface area is 124 Å². The van der Waals surface area contributed by atoms with Gasteiger partial charge in [0.15, 0.2) is 0 Å². The molecule has 3 aromatic rings. The van der Waals surface area contributed by atoms with Crippen molar-refractivity contribution >= 4 is 10.9 Å². The third kappa shape index (κ3) is 2.45. The summed E-state index contributed by atoms with van der Waals surface area (Å²) in [6, 6.07) is 13.8. The first-order valence-corrected chi connectivity index (χ1v) is 7.27. The van der Waals surface area contributed by atoms with Crippen LogP contribution in [0.15, 0.2) is 48.7 Å². The van der Waals surface area contributed by atoms with Gasteiger partial charge >= 0.3 is 0 Å². The predicted molar refractivity (Wildman–Crippen MR) is 84.7 cm³/mol. The number of hydrogen-bond donors (Lipinski definition) is 1. The maximum atomic E-state index is 14.4. The summed E-state index contributed by atoms with van der Waals surface area (Å²) >= 11 is 0. The molecule has 0 fully saturated rings. The minimum absolute atomic E-state index is 0.184. The van der Waals surface area contributed by atoms with E-state index in [1.165, 1.54) is 16.5 Å². The van der Waals surface area contributed by atoms with Crippen LogP contribution in [0.25, 0.3) is 10.9 Å². The average molecular weight is 282 g/mol. The molecule has 0 aliphatic carbocycles. The highest BCUT2D eigenvalue weighted by Crippen LogP contribution is 2.23. The lowest BCUT2D eigenvalue weighted by molar-refractivity contribution is 0.586. The number of benzene rings is 2. The van der Waals surface area contributed by atoms with Crippen molar-refractivity contribution in [1.29, 1.82) is 0 Å². The number of aromatic nitrogens is 1. The largest absolute Gasteiger partial charge is 0.343 e. The van der Waals surface area contributed by atoms with E-state index >= 15 is 0 Å². The molecule has 0 saturated heterocycles. The van der Waals surface area contributed by atoms with Crippen LogP contribution in [0.4, 0.5) is 4.39 Å². The molecule has 2 N–H and O–H groups in total. The van der Waals surface area contributed by atoms with Crippen LogP contribution in [0.1, 0.15) is 23.6 Å². The summed E-state index contributed by atoms with van der Waals surface area (Å²) in [5.74, 6) is -0.184. The van der Waals surface area contributed by atoms with E-state index in [1.807, 2.05) is 18.3 Å². The van der Waals surface area contributed by atoms with Gasteiger partial charge in [0.05, 0.1) is 12.1 Å². The summed E-state index contributed by atoms with van der Waals surface area (Å²) in [5, 5.41) is 1.20. The molecular weight excluding hydrogens is 263 g/mol. The van der Waals surface area contributed by atoms with E-state index in [0.717, 1.165) is 6.42 Å². The third-order valence-electron chi connectivity index (χ3n) is 3.97. The van der Waals surface area contributed by atoms with Gasteiger partial charge in [0.25, 0.3) is 0 Å². The van der Waals surface area contributed by atoms with E-state index in [2.05, 4.69) is 35.8 Å². The molecular formula is C18H19FN2.